The Hall–Kier alpha value is -5.26. The number of para-hydroxylation sites is 2. The Morgan fingerprint density at radius 1 is 0.638 bits per heavy atom. The number of benzene rings is 2. The average Bonchev–Trinajstić information content (AvgIpc) is 3.92. The molecular weight excluding hydrogens is 604 g/mol. The predicted octanol–water partition coefficient (Wildman–Crippen LogP) is 3.38. The Kier molecular flexibility index (Phi) is 8.93. The lowest BCUT2D eigenvalue weighted by Crippen LogP contribution is -2.44. The third-order valence-corrected chi connectivity index (χ3v) is 9.23. The highest BCUT2D eigenvalue weighted by Gasteiger charge is 2.39. The van der Waals surface area contributed by atoms with Gasteiger partial charge in [-0.2, -0.15) is 0 Å². The maximum Gasteiger partial charge on any atom is 0.328 e. The van der Waals surface area contributed by atoms with Gasteiger partial charge in [-0.15, -0.1) is 0 Å². The molecule has 4 aromatic rings. The summed E-state index contributed by atoms with van der Waals surface area (Å²) in [5.41, 5.74) is 2.12. The van der Waals surface area contributed by atoms with Gasteiger partial charge in [-0.1, -0.05) is 36.4 Å². The van der Waals surface area contributed by atoms with E-state index >= 15 is 0 Å². The number of Topliss-reactive ketones (excluding diaryl/α,β-unsaturated/α-hetero) is 2. The largest absolute Gasteiger partial charge is 0.467 e. The number of esters is 2. The van der Waals surface area contributed by atoms with Crippen LogP contribution in [0.4, 0.5) is 0 Å². The standard InChI is InChI=1S/C35H36N4O8/c1-46-34(44)28-14-7-18-38(28)32(42)30(40)24-20-36(26-12-5-3-10-22(24)26)16-9-17-37-21-25(23-11-4-6-13-27(23)37)31(41)33(43)39-19-8-15-29(39)35(45)47-2/h3-6,10-13,20-21,28-29H,7-9,14-19H2,1-2H3/t28-,29-/m0/s1. The van der Waals surface area contributed by atoms with E-state index in [0.29, 0.717) is 69.1 Å². The van der Waals surface area contributed by atoms with E-state index in [1.54, 1.807) is 24.5 Å². The van der Waals surface area contributed by atoms with Gasteiger partial charge >= 0.3 is 11.9 Å². The predicted molar refractivity (Wildman–Crippen MR) is 171 cm³/mol. The summed E-state index contributed by atoms with van der Waals surface area (Å²) in [6.45, 7) is 1.63. The number of carbonyl (C=O) groups excluding carboxylic acids is 6. The average molecular weight is 641 g/mol. The Balaban J connectivity index is 1.20. The van der Waals surface area contributed by atoms with Crippen LogP contribution in [0.2, 0.25) is 0 Å². The molecule has 0 radical (unpaired) electrons. The molecule has 244 valence electrons. The molecule has 0 unspecified atom stereocenters. The molecule has 2 aromatic carbocycles. The van der Waals surface area contributed by atoms with Crippen molar-refractivity contribution in [1.29, 1.82) is 0 Å². The van der Waals surface area contributed by atoms with Crippen molar-refractivity contribution in [3.8, 4) is 0 Å². The zero-order chi connectivity index (χ0) is 33.2. The first-order chi connectivity index (χ1) is 22.7. The maximum atomic E-state index is 13.5. The second-order valence-corrected chi connectivity index (χ2v) is 11.9. The van der Waals surface area contributed by atoms with Crippen LogP contribution in [0.5, 0.6) is 0 Å². The van der Waals surface area contributed by atoms with Gasteiger partial charge < -0.3 is 28.4 Å². The number of ether oxygens (including phenoxy) is 2. The van der Waals surface area contributed by atoms with Crippen LogP contribution in [0.25, 0.3) is 21.8 Å². The topological polar surface area (TPSA) is 137 Å². The van der Waals surface area contributed by atoms with E-state index in [1.807, 2.05) is 45.5 Å². The smallest absolute Gasteiger partial charge is 0.328 e. The van der Waals surface area contributed by atoms with Crippen molar-refractivity contribution >= 4 is 57.1 Å². The van der Waals surface area contributed by atoms with Crippen molar-refractivity contribution in [2.45, 2.75) is 57.3 Å². The van der Waals surface area contributed by atoms with E-state index in [0.717, 1.165) is 11.0 Å². The molecule has 47 heavy (non-hydrogen) atoms. The minimum Gasteiger partial charge on any atom is -0.467 e. The summed E-state index contributed by atoms with van der Waals surface area (Å²) in [6, 6.07) is 13.2. The molecule has 6 rings (SSSR count). The highest BCUT2D eigenvalue weighted by Crippen LogP contribution is 2.28. The van der Waals surface area contributed by atoms with Crippen molar-refractivity contribution in [1.82, 2.24) is 18.9 Å². The zero-order valence-corrected chi connectivity index (χ0v) is 26.3. The number of hydrogen-bond donors (Lipinski definition) is 0. The van der Waals surface area contributed by atoms with Crippen LogP contribution in [0, 0.1) is 0 Å². The summed E-state index contributed by atoms with van der Waals surface area (Å²) in [5.74, 6) is -3.85. The first-order valence-electron chi connectivity index (χ1n) is 15.8. The lowest BCUT2D eigenvalue weighted by atomic mass is 10.1. The van der Waals surface area contributed by atoms with Crippen molar-refractivity contribution in [2.24, 2.45) is 0 Å². The van der Waals surface area contributed by atoms with Gasteiger partial charge in [0.1, 0.15) is 12.1 Å². The third kappa shape index (κ3) is 5.79. The van der Waals surface area contributed by atoms with Gasteiger partial charge in [0.25, 0.3) is 23.4 Å². The van der Waals surface area contributed by atoms with Crippen LogP contribution in [0.1, 0.15) is 52.8 Å². The van der Waals surface area contributed by atoms with Gasteiger partial charge in [-0.05, 0) is 44.2 Å². The molecule has 12 heteroatoms. The van der Waals surface area contributed by atoms with Gasteiger partial charge in [0, 0.05) is 60.4 Å². The fraction of sp³-hybridized carbons (Fsp3) is 0.371. The van der Waals surface area contributed by atoms with E-state index in [4.69, 9.17) is 9.47 Å². The number of carbonyl (C=O) groups is 6. The highest BCUT2D eigenvalue weighted by atomic mass is 16.5. The first-order valence-corrected chi connectivity index (χ1v) is 15.8. The van der Waals surface area contributed by atoms with Crippen LogP contribution >= 0.6 is 0 Å². The number of nitrogens with zero attached hydrogens (tertiary/aromatic N) is 4. The molecule has 2 aliphatic rings. The number of rotatable bonds is 10. The Labute approximate surface area is 270 Å². The minimum absolute atomic E-state index is 0.270. The molecule has 0 aliphatic carbocycles. The molecule has 2 atom stereocenters. The SMILES string of the molecule is COC(=O)[C@@H]1CCCN1C(=O)C(=O)c1cn(CCCn2cc(C(=O)C(=O)N3CCC[C@H]3C(=O)OC)c3ccccc32)c2ccccc12. The number of amides is 2. The van der Waals surface area contributed by atoms with Crippen molar-refractivity contribution in [3.05, 3.63) is 72.1 Å². The number of methoxy groups -OCH3 is 2. The van der Waals surface area contributed by atoms with Gasteiger partial charge in [-0.25, -0.2) is 9.59 Å². The molecule has 0 N–H and O–H groups in total. The molecule has 0 saturated carbocycles. The van der Waals surface area contributed by atoms with Gasteiger partial charge in [0.05, 0.1) is 25.3 Å². The summed E-state index contributed by atoms with van der Waals surface area (Å²) >= 11 is 0. The van der Waals surface area contributed by atoms with Crippen LogP contribution in [0.15, 0.2) is 60.9 Å². The number of aryl methyl sites for hydroxylation is 2. The van der Waals surface area contributed by atoms with Gasteiger partial charge in [0.15, 0.2) is 0 Å². The first kappa shape index (κ1) is 31.7. The van der Waals surface area contributed by atoms with Crippen LogP contribution in [-0.2, 0) is 41.7 Å². The van der Waals surface area contributed by atoms with Gasteiger partial charge in [0.2, 0.25) is 0 Å². The minimum atomic E-state index is -0.766. The molecular formula is C35H36N4O8. The molecule has 0 bridgehead atoms. The summed E-state index contributed by atoms with van der Waals surface area (Å²) in [5, 5.41) is 1.29. The second-order valence-electron chi connectivity index (χ2n) is 11.9. The molecule has 4 heterocycles. The number of ketones is 2. The third-order valence-electron chi connectivity index (χ3n) is 9.23. The molecule has 0 spiro atoms. The fourth-order valence-electron chi connectivity index (χ4n) is 6.91. The maximum absolute atomic E-state index is 13.5. The molecule has 2 aliphatic heterocycles. The molecule has 2 fully saturated rings. The highest BCUT2D eigenvalue weighted by molar-refractivity contribution is 6.45. The van der Waals surface area contributed by atoms with Gasteiger partial charge in [-0.3, -0.25) is 19.2 Å². The number of fused-ring (bicyclic) bond motifs is 2. The monoisotopic (exact) mass is 640 g/mol. The number of likely N-dealkylation sites (tertiary alicyclic amines) is 2. The number of hydrogen-bond acceptors (Lipinski definition) is 8. The zero-order valence-electron chi connectivity index (χ0n) is 26.3. The molecule has 12 nitrogen and oxygen atoms in total. The van der Waals surface area contributed by atoms with Crippen molar-refractivity contribution < 1.29 is 38.2 Å². The summed E-state index contributed by atoms with van der Waals surface area (Å²) in [4.78, 5) is 80.6. The second kappa shape index (κ2) is 13.2. The molecule has 2 amide bonds. The van der Waals surface area contributed by atoms with E-state index < -0.39 is 47.4 Å². The summed E-state index contributed by atoms with van der Waals surface area (Å²) in [7, 11) is 2.54. The Morgan fingerprint density at radius 2 is 1.04 bits per heavy atom. The van der Waals surface area contributed by atoms with Crippen LogP contribution in [-0.4, -0.2) is 93.6 Å². The molecule has 2 aromatic heterocycles. The Morgan fingerprint density at radius 3 is 1.45 bits per heavy atom. The van der Waals surface area contributed by atoms with E-state index in [1.165, 1.54) is 24.0 Å². The normalized spacial score (nSPS) is 17.7. The summed E-state index contributed by atoms with van der Waals surface area (Å²) < 4.78 is 13.5. The summed E-state index contributed by atoms with van der Waals surface area (Å²) in [6.07, 6.45) is 6.11. The molecule has 2 saturated heterocycles. The lowest BCUT2D eigenvalue weighted by molar-refractivity contribution is -0.149. The number of aromatic nitrogens is 2. The van der Waals surface area contributed by atoms with Crippen LogP contribution in [0.3, 0.4) is 0 Å². The van der Waals surface area contributed by atoms with E-state index in [-0.39, 0.29) is 11.1 Å². The van der Waals surface area contributed by atoms with Crippen molar-refractivity contribution in [2.75, 3.05) is 27.3 Å². The lowest BCUT2D eigenvalue weighted by Gasteiger charge is -2.21. The fourth-order valence-corrected chi connectivity index (χ4v) is 6.91. The quantitative estimate of drug-likeness (QED) is 0.146. The van der Waals surface area contributed by atoms with Crippen LogP contribution < -0.4 is 0 Å². The van der Waals surface area contributed by atoms with E-state index in [9.17, 15) is 28.8 Å². The Bertz CT molecular complexity index is 1770. The van der Waals surface area contributed by atoms with Crippen molar-refractivity contribution in [3.63, 3.8) is 0 Å². The van der Waals surface area contributed by atoms with E-state index in [2.05, 4.69) is 0 Å².